The summed E-state index contributed by atoms with van der Waals surface area (Å²) in [5.41, 5.74) is 3.51. The molecule has 134 valence electrons. The number of fused-ring (bicyclic) bond motifs is 2. The van der Waals surface area contributed by atoms with E-state index in [9.17, 15) is 4.79 Å². The van der Waals surface area contributed by atoms with E-state index in [1.165, 1.54) is 15.1 Å². The van der Waals surface area contributed by atoms with E-state index in [4.69, 9.17) is 9.72 Å². The molecule has 1 saturated heterocycles. The number of nitrogens with zero attached hydrogens (tertiary/aromatic N) is 2. The van der Waals surface area contributed by atoms with Crippen LogP contribution in [0.4, 0.5) is 5.00 Å². The van der Waals surface area contributed by atoms with Crippen molar-refractivity contribution in [1.82, 2.24) is 9.88 Å². The van der Waals surface area contributed by atoms with Crippen LogP contribution in [0.2, 0.25) is 0 Å². The summed E-state index contributed by atoms with van der Waals surface area (Å²) >= 11 is 3.41. The molecule has 1 amide bonds. The van der Waals surface area contributed by atoms with Gasteiger partial charge in [-0.1, -0.05) is 12.1 Å². The summed E-state index contributed by atoms with van der Waals surface area (Å²) < 4.78 is 6.54. The Bertz CT molecular complexity index is 957. The molecule has 4 heterocycles. The van der Waals surface area contributed by atoms with Gasteiger partial charge in [-0.25, -0.2) is 4.98 Å². The van der Waals surface area contributed by atoms with Crippen LogP contribution in [0, 0.1) is 0 Å². The van der Waals surface area contributed by atoms with Crippen LogP contribution >= 0.6 is 22.7 Å². The van der Waals surface area contributed by atoms with Gasteiger partial charge in [-0.2, -0.15) is 0 Å². The third-order valence-corrected chi connectivity index (χ3v) is 7.21. The number of aromatic nitrogens is 1. The topological polar surface area (TPSA) is 54.5 Å². The molecule has 1 aromatic carbocycles. The van der Waals surface area contributed by atoms with E-state index in [-0.39, 0.29) is 5.91 Å². The second-order valence-corrected chi connectivity index (χ2v) is 8.92. The summed E-state index contributed by atoms with van der Waals surface area (Å²) in [5.74, 6) is -0.0322. The van der Waals surface area contributed by atoms with E-state index in [0.717, 1.165) is 53.8 Å². The first-order valence-electron chi connectivity index (χ1n) is 8.79. The number of nitrogens with one attached hydrogen (secondary N) is 1. The van der Waals surface area contributed by atoms with Crippen molar-refractivity contribution in [3.63, 3.8) is 0 Å². The van der Waals surface area contributed by atoms with E-state index in [0.29, 0.717) is 6.04 Å². The van der Waals surface area contributed by atoms with Gasteiger partial charge in [-0.3, -0.25) is 9.69 Å². The van der Waals surface area contributed by atoms with Crippen molar-refractivity contribution >= 4 is 43.8 Å². The quantitative estimate of drug-likeness (QED) is 0.746. The van der Waals surface area contributed by atoms with Gasteiger partial charge in [0.05, 0.1) is 29.5 Å². The Morgan fingerprint density at radius 1 is 1.31 bits per heavy atom. The normalized spacial score (nSPS) is 17.9. The number of amides is 1. The highest BCUT2D eigenvalue weighted by Gasteiger charge is 2.32. The molecule has 26 heavy (non-hydrogen) atoms. The molecular formula is C19H19N3O2S2. The first kappa shape index (κ1) is 16.4. The molecule has 0 radical (unpaired) electrons. The average molecular weight is 386 g/mol. The van der Waals surface area contributed by atoms with Crippen LogP contribution in [0.15, 0.2) is 24.3 Å². The molecule has 0 saturated carbocycles. The molecule has 1 N–H and O–H groups in total. The molecule has 0 bridgehead atoms. The fourth-order valence-corrected chi connectivity index (χ4v) is 6.05. The summed E-state index contributed by atoms with van der Waals surface area (Å²) in [6.45, 7) is 5.22. The number of rotatable bonds is 3. The van der Waals surface area contributed by atoms with Crippen LogP contribution < -0.4 is 5.32 Å². The first-order valence-corrected chi connectivity index (χ1v) is 10.4. The van der Waals surface area contributed by atoms with Crippen molar-refractivity contribution in [3.8, 4) is 10.6 Å². The van der Waals surface area contributed by atoms with E-state index < -0.39 is 0 Å². The maximum Gasteiger partial charge on any atom is 0.221 e. The van der Waals surface area contributed by atoms with Gasteiger partial charge in [-0.05, 0) is 24.1 Å². The van der Waals surface area contributed by atoms with E-state index in [1.54, 1.807) is 29.6 Å². The number of hydrogen-bond donors (Lipinski definition) is 1. The van der Waals surface area contributed by atoms with Gasteiger partial charge < -0.3 is 10.1 Å². The van der Waals surface area contributed by atoms with E-state index in [1.807, 2.05) is 18.2 Å². The Labute approximate surface area is 159 Å². The minimum Gasteiger partial charge on any atom is -0.378 e. The third kappa shape index (κ3) is 2.75. The molecule has 0 aliphatic carbocycles. The number of para-hydroxylation sites is 1. The molecule has 2 aliphatic rings. The summed E-state index contributed by atoms with van der Waals surface area (Å²) in [4.78, 5) is 20.5. The lowest BCUT2D eigenvalue weighted by Gasteiger charge is -2.39. The number of carbonyl (C=O) groups excluding carboxylic acids is 1. The maximum absolute atomic E-state index is 11.8. The molecule has 0 atom stereocenters. The minimum absolute atomic E-state index is 0.0322. The van der Waals surface area contributed by atoms with Crippen LogP contribution in [-0.4, -0.2) is 41.6 Å². The van der Waals surface area contributed by atoms with Crippen molar-refractivity contribution in [2.24, 2.45) is 0 Å². The second kappa shape index (κ2) is 6.42. The molecular weight excluding hydrogens is 366 g/mol. The maximum atomic E-state index is 11.8. The predicted molar refractivity (Wildman–Crippen MR) is 106 cm³/mol. The Hall–Kier alpha value is -1.80. The number of thiazole rings is 1. The van der Waals surface area contributed by atoms with Crippen molar-refractivity contribution < 1.29 is 9.53 Å². The van der Waals surface area contributed by atoms with E-state index in [2.05, 4.69) is 16.3 Å². The van der Waals surface area contributed by atoms with Crippen molar-refractivity contribution in [3.05, 3.63) is 34.7 Å². The molecule has 2 aromatic heterocycles. The number of ether oxygens (including phenoxy) is 1. The monoisotopic (exact) mass is 385 g/mol. The number of hydrogen-bond acceptors (Lipinski definition) is 6. The number of anilines is 1. The van der Waals surface area contributed by atoms with Gasteiger partial charge in [-0.15, -0.1) is 22.7 Å². The van der Waals surface area contributed by atoms with Crippen LogP contribution in [0.5, 0.6) is 0 Å². The van der Waals surface area contributed by atoms with Gasteiger partial charge >= 0.3 is 0 Å². The van der Waals surface area contributed by atoms with Crippen molar-refractivity contribution in [2.45, 2.75) is 25.9 Å². The summed E-state index contributed by atoms with van der Waals surface area (Å²) in [5, 5.41) is 4.99. The summed E-state index contributed by atoms with van der Waals surface area (Å²) in [7, 11) is 0. The molecule has 7 heteroatoms. The smallest absolute Gasteiger partial charge is 0.221 e. The first-order chi connectivity index (χ1) is 12.7. The van der Waals surface area contributed by atoms with Crippen LogP contribution in [-0.2, 0) is 22.5 Å². The Morgan fingerprint density at radius 3 is 2.88 bits per heavy atom. The lowest BCUT2D eigenvalue weighted by molar-refractivity contribution is -0.114. The lowest BCUT2D eigenvalue weighted by Crippen LogP contribution is -2.50. The third-order valence-electron chi connectivity index (χ3n) is 5.02. The van der Waals surface area contributed by atoms with Crippen LogP contribution in [0.25, 0.3) is 20.8 Å². The van der Waals surface area contributed by atoms with Gasteiger partial charge in [0.1, 0.15) is 10.0 Å². The van der Waals surface area contributed by atoms with Gasteiger partial charge in [0.15, 0.2) is 0 Å². The largest absolute Gasteiger partial charge is 0.378 e. The highest BCUT2D eigenvalue weighted by atomic mass is 32.1. The Balaban J connectivity index is 1.59. The fourth-order valence-electron chi connectivity index (χ4n) is 3.62. The molecule has 2 aliphatic heterocycles. The predicted octanol–water partition coefficient (Wildman–Crippen LogP) is 3.74. The molecule has 1 fully saturated rings. The minimum atomic E-state index is -0.0322. The molecule has 0 spiro atoms. The summed E-state index contributed by atoms with van der Waals surface area (Å²) in [6, 6.07) is 8.75. The molecule has 5 nitrogen and oxygen atoms in total. The van der Waals surface area contributed by atoms with Gasteiger partial charge in [0.25, 0.3) is 0 Å². The van der Waals surface area contributed by atoms with Gasteiger partial charge in [0.2, 0.25) is 5.91 Å². The zero-order chi connectivity index (χ0) is 17.7. The van der Waals surface area contributed by atoms with Crippen molar-refractivity contribution in [1.29, 1.82) is 0 Å². The second-order valence-electron chi connectivity index (χ2n) is 6.79. The van der Waals surface area contributed by atoms with Gasteiger partial charge in [0, 0.05) is 30.5 Å². The standard InChI is InChI=1S/C19H19N3O2S2/c1-11(23)20-18-17(19-21-14-4-2-3-5-15(14)25-19)13-6-7-22(8-16(13)26-18)12-9-24-10-12/h2-5,12H,6-10H2,1H3,(H,20,23). The van der Waals surface area contributed by atoms with E-state index >= 15 is 0 Å². The molecule has 0 unspecified atom stereocenters. The number of benzene rings is 1. The van der Waals surface area contributed by atoms with Crippen LogP contribution in [0.3, 0.4) is 0 Å². The van der Waals surface area contributed by atoms with Crippen LogP contribution in [0.1, 0.15) is 17.4 Å². The highest BCUT2D eigenvalue weighted by molar-refractivity contribution is 7.22. The highest BCUT2D eigenvalue weighted by Crippen LogP contribution is 2.46. The fraction of sp³-hybridized carbons (Fsp3) is 0.368. The van der Waals surface area contributed by atoms with Crippen molar-refractivity contribution in [2.75, 3.05) is 25.1 Å². The molecule has 5 rings (SSSR count). The zero-order valence-electron chi connectivity index (χ0n) is 14.4. The number of carbonyl (C=O) groups is 1. The Kier molecular flexibility index (Phi) is 4.04. The molecule has 3 aromatic rings. The SMILES string of the molecule is CC(=O)Nc1sc2c(c1-c1nc3ccccc3s1)CCN(C1COC1)C2. The average Bonchev–Trinajstić information content (AvgIpc) is 3.12. The Morgan fingerprint density at radius 2 is 2.15 bits per heavy atom. The lowest BCUT2D eigenvalue weighted by atomic mass is 10.0. The summed E-state index contributed by atoms with van der Waals surface area (Å²) in [6.07, 6.45) is 0.993. The number of thiophene rings is 1. The zero-order valence-corrected chi connectivity index (χ0v) is 16.1.